The Kier molecular flexibility index (Phi) is 7.13. The summed E-state index contributed by atoms with van der Waals surface area (Å²) < 4.78 is 11.1. The van der Waals surface area contributed by atoms with Gasteiger partial charge in [-0.25, -0.2) is 0 Å². The van der Waals surface area contributed by atoms with Gasteiger partial charge in [0.25, 0.3) is 5.91 Å². The number of nitrogens with zero attached hydrogens (tertiary/aromatic N) is 3. The van der Waals surface area contributed by atoms with Crippen LogP contribution >= 0.6 is 0 Å². The van der Waals surface area contributed by atoms with E-state index in [2.05, 4.69) is 10.3 Å². The van der Waals surface area contributed by atoms with E-state index in [1.807, 2.05) is 19.1 Å². The first-order valence-corrected chi connectivity index (χ1v) is 12.8. The number of methoxy groups -OCH3 is 1. The lowest BCUT2D eigenvalue weighted by Gasteiger charge is -2.28. The Bertz CT molecular complexity index is 1370. The van der Waals surface area contributed by atoms with Gasteiger partial charge < -0.3 is 24.3 Å². The standard InChI is InChI=1S/C28H30N4O6/c1-3-6-19(30-27(35)23-14-18-8-4-9-22(37-2)26(18)38-23)28(36)31-12-10-20-25(31)21(33)16-32(20)24(34)13-17-7-5-11-29-15-17/h4-5,7-9,11,14-15,19-20,25H,3,6,10,12-13,16H2,1-2H3,(H,30,35). The Balaban J connectivity index is 1.29. The van der Waals surface area contributed by atoms with Crippen LogP contribution in [-0.2, 0) is 20.8 Å². The molecule has 0 saturated carbocycles. The average Bonchev–Trinajstić information content (AvgIpc) is 3.63. The summed E-state index contributed by atoms with van der Waals surface area (Å²) in [7, 11) is 1.52. The molecule has 4 heterocycles. The minimum Gasteiger partial charge on any atom is -0.493 e. The topological polar surface area (TPSA) is 122 Å². The number of amides is 3. The van der Waals surface area contributed by atoms with Gasteiger partial charge in [0.2, 0.25) is 11.8 Å². The number of fused-ring (bicyclic) bond motifs is 2. The van der Waals surface area contributed by atoms with Crippen LogP contribution in [0, 0.1) is 0 Å². The van der Waals surface area contributed by atoms with Gasteiger partial charge in [0.05, 0.1) is 26.1 Å². The maximum atomic E-state index is 13.6. The molecule has 2 saturated heterocycles. The van der Waals surface area contributed by atoms with Crippen molar-refractivity contribution in [2.45, 2.75) is 50.7 Å². The van der Waals surface area contributed by atoms with Crippen molar-refractivity contribution in [1.29, 1.82) is 0 Å². The minimum atomic E-state index is -0.825. The maximum Gasteiger partial charge on any atom is 0.287 e. The largest absolute Gasteiger partial charge is 0.493 e. The van der Waals surface area contributed by atoms with Crippen molar-refractivity contribution in [3.63, 3.8) is 0 Å². The highest BCUT2D eigenvalue weighted by Crippen LogP contribution is 2.32. The normalized spacial score (nSPS) is 19.5. The molecule has 3 unspecified atom stereocenters. The van der Waals surface area contributed by atoms with Crippen molar-refractivity contribution in [2.75, 3.05) is 20.2 Å². The molecule has 0 bridgehead atoms. The zero-order valence-electron chi connectivity index (χ0n) is 21.4. The molecule has 198 valence electrons. The van der Waals surface area contributed by atoms with Gasteiger partial charge in [0.1, 0.15) is 12.1 Å². The number of pyridine rings is 1. The number of hydrogen-bond donors (Lipinski definition) is 1. The van der Waals surface area contributed by atoms with E-state index in [0.29, 0.717) is 42.5 Å². The fourth-order valence-electron chi connectivity index (χ4n) is 5.45. The molecule has 0 spiro atoms. The van der Waals surface area contributed by atoms with E-state index in [0.717, 1.165) is 5.56 Å². The molecule has 3 atom stereocenters. The number of aromatic nitrogens is 1. The average molecular weight is 519 g/mol. The monoisotopic (exact) mass is 518 g/mol. The van der Waals surface area contributed by atoms with Gasteiger partial charge in [0.15, 0.2) is 22.9 Å². The van der Waals surface area contributed by atoms with Gasteiger partial charge in [-0.05, 0) is 36.6 Å². The third-order valence-electron chi connectivity index (χ3n) is 7.24. The number of para-hydroxylation sites is 1. The second-order valence-electron chi connectivity index (χ2n) is 9.66. The summed E-state index contributed by atoms with van der Waals surface area (Å²) in [6.07, 6.45) is 4.98. The van der Waals surface area contributed by atoms with E-state index < -0.39 is 18.0 Å². The molecule has 2 aliphatic rings. The van der Waals surface area contributed by atoms with Crippen LogP contribution in [0.4, 0.5) is 0 Å². The molecule has 1 aromatic carbocycles. The molecule has 0 radical (unpaired) electrons. The summed E-state index contributed by atoms with van der Waals surface area (Å²) in [6, 6.07) is 8.65. The molecule has 10 nitrogen and oxygen atoms in total. The summed E-state index contributed by atoms with van der Waals surface area (Å²) in [5, 5.41) is 3.52. The van der Waals surface area contributed by atoms with E-state index in [4.69, 9.17) is 9.15 Å². The predicted octanol–water partition coefficient (Wildman–Crippen LogP) is 2.36. The first-order valence-electron chi connectivity index (χ1n) is 12.8. The third-order valence-corrected chi connectivity index (χ3v) is 7.24. The Morgan fingerprint density at radius 3 is 2.79 bits per heavy atom. The highest BCUT2D eigenvalue weighted by atomic mass is 16.5. The highest BCUT2D eigenvalue weighted by Gasteiger charge is 2.52. The second-order valence-corrected chi connectivity index (χ2v) is 9.66. The number of likely N-dealkylation sites (tertiary alicyclic amines) is 2. The van der Waals surface area contributed by atoms with Gasteiger partial charge in [-0.15, -0.1) is 0 Å². The smallest absolute Gasteiger partial charge is 0.287 e. The van der Waals surface area contributed by atoms with Crippen molar-refractivity contribution in [3.05, 3.63) is 60.1 Å². The lowest BCUT2D eigenvalue weighted by atomic mass is 10.1. The number of benzene rings is 1. The molecular formula is C28H30N4O6. The second kappa shape index (κ2) is 10.6. The molecular weight excluding hydrogens is 488 g/mol. The number of ketones is 1. The summed E-state index contributed by atoms with van der Waals surface area (Å²) in [4.78, 5) is 59.9. The molecule has 10 heteroatoms. The van der Waals surface area contributed by atoms with Crippen LogP contribution in [0.15, 0.2) is 53.2 Å². The Morgan fingerprint density at radius 1 is 1.21 bits per heavy atom. The number of nitrogens with one attached hydrogen (secondary N) is 1. The van der Waals surface area contributed by atoms with Crippen molar-refractivity contribution in [3.8, 4) is 5.75 Å². The van der Waals surface area contributed by atoms with Gasteiger partial charge >= 0.3 is 0 Å². The van der Waals surface area contributed by atoms with Crippen molar-refractivity contribution in [2.24, 2.45) is 0 Å². The molecule has 2 aromatic heterocycles. The maximum absolute atomic E-state index is 13.6. The minimum absolute atomic E-state index is 0.0240. The van der Waals surface area contributed by atoms with Crippen LogP contribution in [0.1, 0.15) is 42.3 Å². The molecule has 38 heavy (non-hydrogen) atoms. The number of Topliss-reactive ketones (excluding diaryl/α,β-unsaturated/α-hetero) is 1. The van der Waals surface area contributed by atoms with E-state index in [1.165, 1.54) is 12.0 Å². The number of carbonyl (C=O) groups is 4. The van der Waals surface area contributed by atoms with Gasteiger partial charge in [0, 0.05) is 24.3 Å². The fourth-order valence-corrected chi connectivity index (χ4v) is 5.45. The van der Waals surface area contributed by atoms with Crippen LogP contribution in [-0.4, -0.2) is 76.6 Å². The van der Waals surface area contributed by atoms with E-state index in [9.17, 15) is 19.2 Å². The molecule has 0 aliphatic carbocycles. The summed E-state index contributed by atoms with van der Waals surface area (Å²) in [5.41, 5.74) is 1.22. The van der Waals surface area contributed by atoms with E-state index in [-0.39, 0.29) is 42.4 Å². The zero-order chi connectivity index (χ0) is 26.8. The SMILES string of the molecule is CCCC(NC(=O)c1cc2cccc(OC)c2o1)C(=O)N1CCC2C1C(=O)CN2C(=O)Cc1cccnc1. The summed E-state index contributed by atoms with van der Waals surface area (Å²) >= 11 is 0. The predicted molar refractivity (Wildman–Crippen MR) is 137 cm³/mol. The number of furan rings is 1. The molecule has 2 fully saturated rings. The van der Waals surface area contributed by atoms with Crippen LogP contribution < -0.4 is 10.1 Å². The summed E-state index contributed by atoms with van der Waals surface area (Å²) in [5.74, 6) is -0.582. The Hall–Kier alpha value is -4.21. The summed E-state index contributed by atoms with van der Waals surface area (Å²) in [6.45, 7) is 2.24. The molecule has 3 aromatic rings. The van der Waals surface area contributed by atoms with Crippen LogP contribution in [0.5, 0.6) is 5.75 Å². The zero-order valence-corrected chi connectivity index (χ0v) is 21.4. The van der Waals surface area contributed by atoms with Crippen molar-refractivity contribution in [1.82, 2.24) is 20.1 Å². The number of hydrogen-bond acceptors (Lipinski definition) is 7. The molecule has 2 aliphatic heterocycles. The quantitative estimate of drug-likeness (QED) is 0.486. The van der Waals surface area contributed by atoms with E-state index in [1.54, 1.807) is 41.6 Å². The van der Waals surface area contributed by atoms with E-state index >= 15 is 0 Å². The molecule has 1 N–H and O–H groups in total. The number of ether oxygens (including phenoxy) is 1. The lowest BCUT2D eigenvalue weighted by molar-refractivity contribution is -0.138. The van der Waals surface area contributed by atoms with Gasteiger partial charge in [-0.3, -0.25) is 24.2 Å². The first-order chi connectivity index (χ1) is 18.4. The van der Waals surface area contributed by atoms with Crippen molar-refractivity contribution < 1.29 is 28.3 Å². The van der Waals surface area contributed by atoms with Crippen LogP contribution in [0.2, 0.25) is 0 Å². The fraction of sp³-hybridized carbons (Fsp3) is 0.393. The lowest BCUT2D eigenvalue weighted by Crippen LogP contribution is -2.52. The van der Waals surface area contributed by atoms with Crippen LogP contribution in [0.3, 0.4) is 0 Å². The highest BCUT2D eigenvalue weighted by molar-refractivity contribution is 6.01. The Morgan fingerprint density at radius 2 is 2.05 bits per heavy atom. The molecule has 5 rings (SSSR count). The third kappa shape index (κ3) is 4.73. The number of carbonyl (C=O) groups excluding carboxylic acids is 4. The van der Waals surface area contributed by atoms with Gasteiger partial charge in [-0.2, -0.15) is 0 Å². The van der Waals surface area contributed by atoms with Gasteiger partial charge in [-0.1, -0.05) is 31.5 Å². The Labute approximate surface area is 219 Å². The number of rotatable bonds is 8. The molecule has 3 amide bonds. The van der Waals surface area contributed by atoms with Crippen LogP contribution in [0.25, 0.3) is 11.0 Å². The van der Waals surface area contributed by atoms with Crippen molar-refractivity contribution >= 4 is 34.5 Å². The first kappa shape index (κ1) is 25.4.